The van der Waals surface area contributed by atoms with Gasteiger partial charge in [-0.2, -0.15) is 5.10 Å². The molecule has 0 spiro atoms. The Balaban J connectivity index is 2.46. The maximum Gasteiger partial charge on any atom is 0.196 e. The molecule has 0 radical (unpaired) electrons. The standard InChI is InChI=1S/C14H16N2O3/c1-9-13(8-15-16(9)2)14(17)10-5-11(18-3)7-12(6-10)19-4/h5-8H,1-4H3. The Bertz CT molecular complexity index is 595. The molecule has 0 atom stereocenters. The van der Waals surface area contributed by atoms with E-state index in [0.29, 0.717) is 22.6 Å². The number of hydrogen-bond donors (Lipinski definition) is 0. The first-order chi connectivity index (χ1) is 9.06. The van der Waals surface area contributed by atoms with Crippen molar-refractivity contribution in [2.75, 3.05) is 14.2 Å². The number of ketones is 1. The van der Waals surface area contributed by atoms with Gasteiger partial charge < -0.3 is 9.47 Å². The molecule has 1 aromatic heterocycles. The molecule has 0 saturated heterocycles. The molecule has 2 rings (SSSR count). The number of hydrogen-bond acceptors (Lipinski definition) is 4. The molecule has 0 aliphatic heterocycles. The fourth-order valence-corrected chi connectivity index (χ4v) is 1.82. The molecular formula is C14H16N2O3. The first-order valence-corrected chi connectivity index (χ1v) is 5.83. The van der Waals surface area contributed by atoms with E-state index in [9.17, 15) is 4.79 Å². The maximum atomic E-state index is 12.5. The summed E-state index contributed by atoms with van der Waals surface area (Å²) in [5.74, 6) is 1.08. The third-order valence-corrected chi connectivity index (χ3v) is 3.09. The lowest BCUT2D eigenvalue weighted by Gasteiger charge is -2.07. The highest BCUT2D eigenvalue weighted by molar-refractivity contribution is 6.10. The minimum Gasteiger partial charge on any atom is -0.497 e. The van der Waals surface area contributed by atoms with Crippen LogP contribution in [-0.4, -0.2) is 29.8 Å². The lowest BCUT2D eigenvalue weighted by Crippen LogP contribution is -2.04. The Morgan fingerprint density at radius 3 is 2.16 bits per heavy atom. The van der Waals surface area contributed by atoms with Gasteiger partial charge in [0.15, 0.2) is 5.78 Å². The third-order valence-electron chi connectivity index (χ3n) is 3.09. The molecule has 0 amide bonds. The fourth-order valence-electron chi connectivity index (χ4n) is 1.82. The van der Waals surface area contributed by atoms with Gasteiger partial charge in [-0.25, -0.2) is 0 Å². The van der Waals surface area contributed by atoms with E-state index in [1.807, 2.05) is 6.92 Å². The van der Waals surface area contributed by atoms with E-state index < -0.39 is 0 Å². The van der Waals surface area contributed by atoms with E-state index in [4.69, 9.17) is 9.47 Å². The summed E-state index contributed by atoms with van der Waals surface area (Å²) in [5.41, 5.74) is 1.93. The van der Waals surface area contributed by atoms with Gasteiger partial charge >= 0.3 is 0 Å². The number of carbonyl (C=O) groups excluding carboxylic acids is 1. The van der Waals surface area contributed by atoms with Gasteiger partial charge in [-0.3, -0.25) is 9.48 Å². The lowest BCUT2D eigenvalue weighted by molar-refractivity contribution is 0.103. The van der Waals surface area contributed by atoms with Crippen LogP contribution in [0.15, 0.2) is 24.4 Å². The van der Waals surface area contributed by atoms with Crippen molar-refractivity contribution in [1.82, 2.24) is 9.78 Å². The minimum atomic E-state index is -0.0946. The average Bonchev–Trinajstić information content (AvgIpc) is 2.77. The number of rotatable bonds is 4. The molecule has 0 bridgehead atoms. The van der Waals surface area contributed by atoms with E-state index in [0.717, 1.165) is 5.69 Å². The van der Waals surface area contributed by atoms with E-state index in [-0.39, 0.29) is 5.78 Å². The van der Waals surface area contributed by atoms with Crippen LogP contribution in [0.3, 0.4) is 0 Å². The number of aryl methyl sites for hydroxylation is 1. The number of ether oxygens (including phenoxy) is 2. The van der Waals surface area contributed by atoms with E-state index in [1.54, 1.807) is 50.3 Å². The van der Waals surface area contributed by atoms with Crippen molar-refractivity contribution in [1.29, 1.82) is 0 Å². The van der Waals surface area contributed by atoms with Crippen LogP contribution in [0, 0.1) is 6.92 Å². The van der Waals surface area contributed by atoms with Gasteiger partial charge in [-0.05, 0) is 19.1 Å². The van der Waals surface area contributed by atoms with Crippen LogP contribution in [0.2, 0.25) is 0 Å². The topological polar surface area (TPSA) is 53.4 Å². The Morgan fingerprint density at radius 1 is 1.16 bits per heavy atom. The summed E-state index contributed by atoms with van der Waals surface area (Å²) in [4.78, 5) is 12.5. The van der Waals surface area contributed by atoms with E-state index in [2.05, 4.69) is 5.10 Å². The SMILES string of the molecule is COc1cc(OC)cc(C(=O)c2cnn(C)c2C)c1. The fraction of sp³-hybridized carbons (Fsp3) is 0.286. The summed E-state index contributed by atoms with van der Waals surface area (Å²) in [6.07, 6.45) is 1.57. The number of benzene rings is 1. The van der Waals surface area contributed by atoms with Crippen molar-refractivity contribution in [3.8, 4) is 11.5 Å². The van der Waals surface area contributed by atoms with E-state index in [1.165, 1.54) is 0 Å². The van der Waals surface area contributed by atoms with Gasteiger partial charge in [-0.1, -0.05) is 0 Å². The van der Waals surface area contributed by atoms with Gasteiger partial charge in [0.25, 0.3) is 0 Å². The zero-order chi connectivity index (χ0) is 14.0. The summed E-state index contributed by atoms with van der Waals surface area (Å²) < 4.78 is 12.0. The second kappa shape index (κ2) is 5.14. The molecule has 1 aromatic carbocycles. The van der Waals surface area contributed by atoms with Gasteiger partial charge in [0, 0.05) is 24.4 Å². The zero-order valence-corrected chi connectivity index (χ0v) is 11.4. The van der Waals surface area contributed by atoms with Crippen molar-refractivity contribution in [3.05, 3.63) is 41.2 Å². The summed E-state index contributed by atoms with van der Waals surface area (Å²) >= 11 is 0. The number of carbonyl (C=O) groups is 1. The number of methoxy groups -OCH3 is 2. The second-order valence-corrected chi connectivity index (χ2v) is 4.20. The number of aromatic nitrogens is 2. The smallest absolute Gasteiger partial charge is 0.196 e. The highest BCUT2D eigenvalue weighted by Gasteiger charge is 2.16. The summed E-state index contributed by atoms with van der Waals surface area (Å²) in [6.45, 7) is 1.86. The third kappa shape index (κ3) is 2.45. The lowest BCUT2D eigenvalue weighted by atomic mass is 10.0. The van der Waals surface area contributed by atoms with Crippen molar-refractivity contribution >= 4 is 5.78 Å². The molecule has 1 heterocycles. The first-order valence-electron chi connectivity index (χ1n) is 5.83. The molecule has 0 aliphatic rings. The molecule has 0 fully saturated rings. The van der Waals surface area contributed by atoms with Crippen molar-refractivity contribution in [3.63, 3.8) is 0 Å². The molecular weight excluding hydrogens is 244 g/mol. The van der Waals surface area contributed by atoms with Crippen LogP contribution < -0.4 is 9.47 Å². The molecule has 0 N–H and O–H groups in total. The Kier molecular flexibility index (Phi) is 3.55. The van der Waals surface area contributed by atoms with Gasteiger partial charge in [0.2, 0.25) is 0 Å². The average molecular weight is 260 g/mol. The second-order valence-electron chi connectivity index (χ2n) is 4.20. The Labute approximate surface area is 111 Å². The summed E-state index contributed by atoms with van der Waals surface area (Å²) in [6, 6.07) is 5.11. The minimum absolute atomic E-state index is 0.0946. The van der Waals surface area contributed by atoms with Crippen molar-refractivity contribution in [2.45, 2.75) is 6.92 Å². The highest BCUT2D eigenvalue weighted by Crippen LogP contribution is 2.24. The van der Waals surface area contributed by atoms with E-state index >= 15 is 0 Å². The largest absolute Gasteiger partial charge is 0.497 e. The Morgan fingerprint density at radius 2 is 1.74 bits per heavy atom. The number of nitrogens with zero attached hydrogens (tertiary/aromatic N) is 2. The molecule has 100 valence electrons. The zero-order valence-electron chi connectivity index (χ0n) is 11.4. The van der Waals surface area contributed by atoms with Crippen LogP contribution in [0.5, 0.6) is 11.5 Å². The monoisotopic (exact) mass is 260 g/mol. The van der Waals surface area contributed by atoms with Crippen LogP contribution in [0.1, 0.15) is 21.6 Å². The predicted molar refractivity (Wildman–Crippen MR) is 70.9 cm³/mol. The Hall–Kier alpha value is -2.30. The van der Waals surface area contributed by atoms with Gasteiger partial charge in [0.05, 0.1) is 26.0 Å². The molecule has 0 saturated carbocycles. The van der Waals surface area contributed by atoms with Gasteiger partial charge in [0.1, 0.15) is 11.5 Å². The van der Waals surface area contributed by atoms with Crippen LogP contribution in [0.4, 0.5) is 0 Å². The summed E-state index contributed by atoms with van der Waals surface area (Å²) in [5, 5.41) is 4.08. The molecule has 0 aliphatic carbocycles. The summed E-state index contributed by atoms with van der Waals surface area (Å²) in [7, 11) is 4.91. The van der Waals surface area contributed by atoms with Crippen LogP contribution in [0.25, 0.3) is 0 Å². The maximum absolute atomic E-state index is 12.5. The predicted octanol–water partition coefficient (Wildman–Crippen LogP) is 1.98. The van der Waals surface area contributed by atoms with Crippen molar-refractivity contribution < 1.29 is 14.3 Å². The quantitative estimate of drug-likeness (QED) is 0.789. The molecule has 19 heavy (non-hydrogen) atoms. The van der Waals surface area contributed by atoms with Crippen molar-refractivity contribution in [2.24, 2.45) is 7.05 Å². The van der Waals surface area contributed by atoms with Crippen LogP contribution in [-0.2, 0) is 7.05 Å². The molecule has 0 unspecified atom stereocenters. The first kappa shape index (κ1) is 13.1. The normalized spacial score (nSPS) is 10.3. The molecule has 5 nitrogen and oxygen atoms in total. The van der Waals surface area contributed by atoms with Crippen LogP contribution >= 0.6 is 0 Å². The molecule has 2 aromatic rings. The molecule has 5 heteroatoms. The highest BCUT2D eigenvalue weighted by atomic mass is 16.5. The van der Waals surface area contributed by atoms with Gasteiger partial charge in [-0.15, -0.1) is 0 Å².